The smallest absolute Gasteiger partial charge is 0.163 e. The average molecular weight is 249 g/mol. The normalized spacial score (nSPS) is 18.6. The van der Waals surface area contributed by atoms with E-state index < -0.39 is 0 Å². The van der Waals surface area contributed by atoms with Gasteiger partial charge in [0.1, 0.15) is 0 Å². The summed E-state index contributed by atoms with van der Waals surface area (Å²) < 4.78 is 5.31. The van der Waals surface area contributed by atoms with E-state index in [0.29, 0.717) is 12.3 Å². The number of rotatable bonds is 3. The van der Waals surface area contributed by atoms with Crippen molar-refractivity contribution in [1.82, 2.24) is 0 Å². The van der Waals surface area contributed by atoms with Gasteiger partial charge in [0.25, 0.3) is 0 Å². The van der Waals surface area contributed by atoms with E-state index in [-0.39, 0.29) is 11.2 Å². The van der Waals surface area contributed by atoms with Gasteiger partial charge in [-0.05, 0) is 25.3 Å². The van der Waals surface area contributed by atoms with E-state index in [2.05, 4.69) is 0 Å². The quantitative estimate of drug-likeness (QED) is 0.866. The monoisotopic (exact) mass is 249 g/mol. The van der Waals surface area contributed by atoms with Gasteiger partial charge in [0, 0.05) is 17.5 Å². The van der Waals surface area contributed by atoms with E-state index in [1.165, 1.54) is 19.3 Å². The Morgan fingerprint density at radius 1 is 1.28 bits per heavy atom. The molecule has 1 saturated carbocycles. The molecule has 3 N–H and O–H groups in total. The molecule has 1 fully saturated rings. The molecule has 0 aliphatic heterocycles. The van der Waals surface area contributed by atoms with E-state index >= 15 is 0 Å². The number of hydrogen-bond acceptors (Lipinski definition) is 3. The highest BCUT2D eigenvalue weighted by atomic mass is 16.5. The maximum absolute atomic E-state index is 10.4. The molecule has 3 heteroatoms. The van der Waals surface area contributed by atoms with Gasteiger partial charge in [-0.2, -0.15) is 0 Å². The largest absolute Gasteiger partial charge is 0.504 e. The first kappa shape index (κ1) is 13.2. The highest BCUT2D eigenvalue weighted by molar-refractivity contribution is 5.53. The standard InChI is InChI=1S/C15H23NO2/c1-11-6-7-12(13(17)14(11)18-2)15(10-16)8-4-3-5-9-15/h6-7,17H,3-5,8-10,16H2,1-2H3. The summed E-state index contributed by atoms with van der Waals surface area (Å²) in [4.78, 5) is 0. The van der Waals surface area contributed by atoms with E-state index in [1.54, 1.807) is 7.11 Å². The highest BCUT2D eigenvalue weighted by Crippen LogP contribution is 2.46. The van der Waals surface area contributed by atoms with Gasteiger partial charge in [-0.3, -0.25) is 0 Å². The van der Waals surface area contributed by atoms with Crippen LogP contribution >= 0.6 is 0 Å². The molecule has 1 aromatic carbocycles. The topological polar surface area (TPSA) is 55.5 Å². The third-order valence-corrected chi connectivity index (χ3v) is 4.31. The molecule has 3 nitrogen and oxygen atoms in total. The molecular formula is C15H23NO2. The summed E-state index contributed by atoms with van der Waals surface area (Å²) in [6, 6.07) is 4.03. The lowest BCUT2D eigenvalue weighted by molar-refractivity contribution is 0.285. The van der Waals surface area contributed by atoms with Gasteiger partial charge in [-0.1, -0.05) is 31.4 Å². The minimum atomic E-state index is -0.0662. The molecular weight excluding hydrogens is 226 g/mol. The average Bonchev–Trinajstić information content (AvgIpc) is 2.40. The minimum Gasteiger partial charge on any atom is -0.504 e. The molecule has 18 heavy (non-hydrogen) atoms. The van der Waals surface area contributed by atoms with Crippen molar-refractivity contribution in [2.24, 2.45) is 5.73 Å². The lowest BCUT2D eigenvalue weighted by Gasteiger charge is -2.37. The van der Waals surface area contributed by atoms with Crippen LogP contribution in [0.4, 0.5) is 0 Å². The van der Waals surface area contributed by atoms with Gasteiger partial charge in [0.05, 0.1) is 7.11 Å². The molecule has 0 bridgehead atoms. The zero-order valence-electron chi connectivity index (χ0n) is 11.3. The number of phenols is 1. The summed E-state index contributed by atoms with van der Waals surface area (Å²) in [5, 5.41) is 10.4. The first-order valence-electron chi connectivity index (χ1n) is 6.72. The van der Waals surface area contributed by atoms with Gasteiger partial charge in [0.15, 0.2) is 11.5 Å². The molecule has 0 aromatic heterocycles. The third-order valence-electron chi connectivity index (χ3n) is 4.31. The Morgan fingerprint density at radius 3 is 2.50 bits per heavy atom. The summed E-state index contributed by atoms with van der Waals surface area (Å²) in [6.45, 7) is 2.53. The third kappa shape index (κ3) is 2.07. The van der Waals surface area contributed by atoms with Crippen LogP contribution in [0.25, 0.3) is 0 Å². The van der Waals surface area contributed by atoms with Crippen molar-refractivity contribution >= 4 is 0 Å². The van der Waals surface area contributed by atoms with Gasteiger partial charge >= 0.3 is 0 Å². The van der Waals surface area contributed by atoms with Crippen LogP contribution in [0, 0.1) is 6.92 Å². The minimum absolute atomic E-state index is 0.0662. The number of methoxy groups -OCH3 is 1. The predicted octanol–water partition coefficient (Wildman–Crippen LogP) is 2.87. The van der Waals surface area contributed by atoms with Crippen molar-refractivity contribution in [3.63, 3.8) is 0 Å². The van der Waals surface area contributed by atoms with Crippen LogP contribution < -0.4 is 10.5 Å². The Labute approximate surface area is 109 Å². The van der Waals surface area contributed by atoms with Crippen LogP contribution in [-0.4, -0.2) is 18.8 Å². The van der Waals surface area contributed by atoms with Crippen LogP contribution in [0.2, 0.25) is 0 Å². The number of benzene rings is 1. The van der Waals surface area contributed by atoms with Crippen LogP contribution in [0.3, 0.4) is 0 Å². The van der Waals surface area contributed by atoms with Crippen LogP contribution in [0.5, 0.6) is 11.5 Å². The van der Waals surface area contributed by atoms with Crippen LogP contribution in [-0.2, 0) is 5.41 Å². The predicted molar refractivity (Wildman–Crippen MR) is 73.2 cm³/mol. The SMILES string of the molecule is COc1c(C)ccc(C2(CN)CCCCC2)c1O. The van der Waals surface area contributed by atoms with Gasteiger partial charge in [-0.15, -0.1) is 0 Å². The van der Waals surface area contributed by atoms with Crippen molar-refractivity contribution in [2.75, 3.05) is 13.7 Å². The number of hydrogen-bond donors (Lipinski definition) is 2. The van der Waals surface area contributed by atoms with Gasteiger partial charge < -0.3 is 15.6 Å². The number of phenolic OH excluding ortho intramolecular Hbond substituents is 1. The second-order valence-electron chi connectivity index (χ2n) is 5.36. The maximum atomic E-state index is 10.4. The van der Waals surface area contributed by atoms with Gasteiger partial charge in [0.2, 0.25) is 0 Å². The molecule has 1 aliphatic rings. The van der Waals surface area contributed by atoms with Crippen molar-refractivity contribution in [3.05, 3.63) is 23.3 Å². The first-order valence-corrected chi connectivity index (χ1v) is 6.72. The fourth-order valence-electron chi connectivity index (χ4n) is 3.17. The summed E-state index contributed by atoms with van der Waals surface area (Å²) in [5.41, 5.74) is 7.88. The molecule has 2 rings (SSSR count). The second kappa shape index (κ2) is 5.19. The molecule has 100 valence electrons. The number of aromatic hydroxyl groups is 1. The van der Waals surface area contributed by atoms with Crippen LogP contribution in [0.1, 0.15) is 43.2 Å². The molecule has 1 aromatic rings. The zero-order valence-corrected chi connectivity index (χ0v) is 11.3. The second-order valence-corrected chi connectivity index (χ2v) is 5.36. The number of nitrogens with two attached hydrogens (primary N) is 1. The lowest BCUT2D eigenvalue weighted by Crippen LogP contribution is -2.37. The summed E-state index contributed by atoms with van der Waals surface area (Å²) >= 11 is 0. The Kier molecular flexibility index (Phi) is 3.81. The summed E-state index contributed by atoms with van der Waals surface area (Å²) in [5.74, 6) is 0.871. The molecule has 0 atom stereocenters. The van der Waals surface area contributed by atoms with E-state index in [9.17, 15) is 5.11 Å². The summed E-state index contributed by atoms with van der Waals surface area (Å²) in [7, 11) is 1.60. The van der Waals surface area contributed by atoms with Crippen molar-refractivity contribution in [3.8, 4) is 11.5 Å². The van der Waals surface area contributed by atoms with E-state index in [1.807, 2.05) is 19.1 Å². The lowest BCUT2D eigenvalue weighted by atomic mass is 9.69. The Hall–Kier alpha value is -1.22. The molecule has 0 saturated heterocycles. The Morgan fingerprint density at radius 2 is 1.94 bits per heavy atom. The van der Waals surface area contributed by atoms with Crippen molar-refractivity contribution < 1.29 is 9.84 Å². The van der Waals surface area contributed by atoms with Crippen molar-refractivity contribution in [2.45, 2.75) is 44.4 Å². The fourth-order valence-corrected chi connectivity index (χ4v) is 3.17. The first-order chi connectivity index (χ1) is 8.64. The summed E-state index contributed by atoms with van der Waals surface area (Å²) in [6.07, 6.45) is 5.76. The van der Waals surface area contributed by atoms with Crippen molar-refractivity contribution in [1.29, 1.82) is 0 Å². The highest BCUT2D eigenvalue weighted by Gasteiger charge is 2.35. The molecule has 0 spiro atoms. The Balaban J connectivity index is 2.48. The van der Waals surface area contributed by atoms with Gasteiger partial charge in [-0.25, -0.2) is 0 Å². The number of aryl methyl sites for hydroxylation is 1. The molecule has 0 radical (unpaired) electrons. The zero-order chi connectivity index (χ0) is 13.2. The molecule has 0 amide bonds. The molecule has 1 aliphatic carbocycles. The Bertz CT molecular complexity index is 423. The number of ether oxygens (including phenoxy) is 1. The molecule has 0 unspecified atom stereocenters. The van der Waals surface area contributed by atoms with E-state index in [0.717, 1.165) is 24.0 Å². The molecule has 0 heterocycles. The maximum Gasteiger partial charge on any atom is 0.163 e. The van der Waals surface area contributed by atoms with Crippen LogP contribution in [0.15, 0.2) is 12.1 Å². The van der Waals surface area contributed by atoms with E-state index in [4.69, 9.17) is 10.5 Å². The fraction of sp³-hybridized carbons (Fsp3) is 0.600.